The van der Waals surface area contributed by atoms with Gasteiger partial charge >= 0.3 is 0 Å². The van der Waals surface area contributed by atoms with E-state index in [1.54, 1.807) is 0 Å². The summed E-state index contributed by atoms with van der Waals surface area (Å²) >= 11 is 0. The Morgan fingerprint density at radius 2 is 1.43 bits per heavy atom. The highest BCUT2D eigenvalue weighted by Gasteiger charge is 2.19. The van der Waals surface area contributed by atoms with Crippen LogP contribution in [0.5, 0.6) is 0 Å². The lowest BCUT2D eigenvalue weighted by molar-refractivity contribution is 0.698. The Hall–Kier alpha value is -2.22. The summed E-state index contributed by atoms with van der Waals surface area (Å²) in [5, 5.41) is 5.31. The minimum Gasteiger partial charge on any atom is -0.382 e. The number of hydrogen-bond donors (Lipinski definition) is 1. The Labute approximate surface area is 183 Å². The zero-order valence-electron chi connectivity index (χ0n) is 20.2. The maximum atomic E-state index is 3.93. The van der Waals surface area contributed by atoms with E-state index < -0.39 is 0 Å². The van der Waals surface area contributed by atoms with Gasteiger partial charge in [0.1, 0.15) is 0 Å². The smallest absolute Gasteiger partial charge is 0.0480 e. The molecule has 1 aromatic heterocycles. The topological polar surface area (TPSA) is 17.0 Å². The molecule has 3 aromatic rings. The highest BCUT2D eigenvalue weighted by atomic mass is 14.9. The zero-order chi connectivity index (χ0) is 22.0. The van der Waals surface area contributed by atoms with Crippen LogP contribution in [-0.2, 0) is 13.5 Å². The molecule has 1 N–H and O–H groups in total. The number of benzene rings is 2. The van der Waals surface area contributed by atoms with Crippen molar-refractivity contribution in [3.63, 3.8) is 0 Å². The van der Waals surface area contributed by atoms with Gasteiger partial charge in [-0.1, -0.05) is 71.9 Å². The van der Waals surface area contributed by atoms with Crippen LogP contribution in [0.15, 0.2) is 42.6 Å². The average Bonchev–Trinajstić information content (AvgIpc) is 3.02. The first-order valence-corrected chi connectivity index (χ1v) is 11.7. The number of anilines is 1. The predicted octanol–water partition coefficient (Wildman–Crippen LogP) is 7.98. The molecule has 0 aliphatic carbocycles. The van der Waals surface area contributed by atoms with Gasteiger partial charge in [0, 0.05) is 35.9 Å². The summed E-state index contributed by atoms with van der Waals surface area (Å²) < 4.78 is 2.25. The van der Waals surface area contributed by atoms with Crippen LogP contribution in [0.4, 0.5) is 5.69 Å². The van der Waals surface area contributed by atoms with Crippen LogP contribution < -0.4 is 5.32 Å². The maximum absolute atomic E-state index is 3.93. The van der Waals surface area contributed by atoms with E-state index in [0.717, 1.165) is 12.8 Å². The van der Waals surface area contributed by atoms with Gasteiger partial charge in [-0.25, -0.2) is 0 Å². The molecule has 1 atom stereocenters. The van der Waals surface area contributed by atoms with E-state index in [2.05, 4.69) is 108 Å². The van der Waals surface area contributed by atoms with Crippen molar-refractivity contribution >= 4 is 16.6 Å². The molecule has 2 nitrogen and oxygen atoms in total. The van der Waals surface area contributed by atoms with E-state index in [-0.39, 0.29) is 0 Å². The Kier molecular flexibility index (Phi) is 6.95. The van der Waals surface area contributed by atoms with Crippen molar-refractivity contribution in [3.8, 4) is 0 Å². The highest BCUT2D eigenvalue weighted by molar-refractivity contribution is 5.83. The van der Waals surface area contributed by atoms with Crippen LogP contribution in [0, 0.1) is 0 Å². The first kappa shape index (κ1) is 22.5. The van der Waals surface area contributed by atoms with Gasteiger partial charge in [-0.05, 0) is 65.8 Å². The van der Waals surface area contributed by atoms with E-state index in [1.807, 2.05) is 0 Å². The first-order chi connectivity index (χ1) is 14.2. The second-order valence-electron chi connectivity index (χ2n) is 9.90. The molecule has 0 radical (unpaired) electrons. The van der Waals surface area contributed by atoms with Crippen LogP contribution in [0.2, 0.25) is 0 Å². The van der Waals surface area contributed by atoms with E-state index in [9.17, 15) is 0 Å². The molecule has 3 rings (SSSR count). The predicted molar refractivity (Wildman–Crippen MR) is 133 cm³/mol. The molecule has 0 fully saturated rings. The SMILES string of the molecule is CC(CCc1cn(C)c2ccccc12)Nc1c(C(C)C)cc(C(C)C)cc1C(C)C. The molecule has 0 saturated carbocycles. The van der Waals surface area contributed by atoms with Gasteiger partial charge in [-0.3, -0.25) is 0 Å². The fraction of sp³-hybridized carbons (Fsp3) is 0.500. The van der Waals surface area contributed by atoms with E-state index in [1.165, 1.54) is 38.8 Å². The number of aryl methyl sites for hydroxylation is 2. The molecule has 2 aromatic carbocycles. The third-order valence-corrected chi connectivity index (χ3v) is 6.35. The lowest BCUT2D eigenvalue weighted by Gasteiger charge is -2.26. The molecule has 0 amide bonds. The van der Waals surface area contributed by atoms with Gasteiger partial charge in [0.05, 0.1) is 0 Å². The molecular weight excluding hydrogens is 364 g/mol. The summed E-state index contributed by atoms with van der Waals surface area (Å²) in [6.45, 7) is 16.2. The largest absolute Gasteiger partial charge is 0.382 e. The molecule has 0 saturated heterocycles. The highest BCUT2D eigenvalue weighted by Crippen LogP contribution is 2.36. The molecule has 1 unspecified atom stereocenters. The molecule has 0 aliphatic heterocycles. The lowest BCUT2D eigenvalue weighted by Crippen LogP contribution is -2.19. The molecule has 0 spiro atoms. The molecule has 0 aliphatic rings. The van der Waals surface area contributed by atoms with Crippen LogP contribution in [0.1, 0.15) is 94.9 Å². The van der Waals surface area contributed by atoms with Crippen molar-refractivity contribution in [2.24, 2.45) is 7.05 Å². The third-order valence-electron chi connectivity index (χ3n) is 6.35. The van der Waals surface area contributed by atoms with E-state index >= 15 is 0 Å². The normalized spacial score (nSPS) is 13.0. The zero-order valence-corrected chi connectivity index (χ0v) is 20.2. The maximum Gasteiger partial charge on any atom is 0.0480 e. The van der Waals surface area contributed by atoms with Gasteiger partial charge in [-0.15, -0.1) is 0 Å². The van der Waals surface area contributed by atoms with E-state index in [4.69, 9.17) is 0 Å². The van der Waals surface area contributed by atoms with Crippen molar-refractivity contribution in [1.29, 1.82) is 0 Å². The number of rotatable bonds is 8. The van der Waals surface area contributed by atoms with Crippen molar-refractivity contribution in [2.45, 2.75) is 85.1 Å². The monoisotopic (exact) mass is 404 g/mol. The van der Waals surface area contributed by atoms with Gasteiger partial charge in [0.15, 0.2) is 0 Å². The van der Waals surface area contributed by atoms with Gasteiger partial charge < -0.3 is 9.88 Å². The number of para-hydroxylation sites is 1. The fourth-order valence-electron chi connectivity index (χ4n) is 4.44. The third kappa shape index (κ3) is 4.74. The second-order valence-corrected chi connectivity index (χ2v) is 9.90. The second kappa shape index (κ2) is 9.29. The minimum absolute atomic E-state index is 0.420. The summed E-state index contributed by atoms with van der Waals surface area (Å²) in [6.07, 6.45) is 4.51. The molecular formula is C28H40N2. The molecule has 162 valence electrons. The lowest BCUT2D eigenvalue weighted by atomic mass is 9.87. The first-order valence-electron chi connectivity index (χ1n) is 11.7. The fourth-order valence-corrected chi connectivity index (χ4v) is 4.44. The van der Waals surface area contributed by atoms with E-state index in [0.29, 0.717) is 23.8 Å². The summed E-state index contributed by atoms with van der Waals surface area (Å²) in [5.41, 5.74) is 8.52. The Morgan fingerprint density at radius 1 is 0.833 bits per heavy atom. The molecule has 1 heterocycles. The Morgan fingerprint density at radius 3 is 2.00 bits per heavy atom. The number of hydrogen-bond acceptors (Lipinski definition) is 1. The number of nitrogens with one attached hydrogen (secondary N) is 1. The molecule has 2 heteroatoms. The number of nitrogens with zero attached hydrogens (tertiary/aromatic N) is 1. The van der Waals surface area contributed by atoms with Crippen LogP contribution in [-0.4, -0.2) is 10.6 Å². The van der Waals surface area contributed by atoms with Crippen molar-refractivity contribution in [1.82, 2.24) is 4.57 Å². The minimum atomic E-state index is 0.420. The van der Waals surface area contributed by atoms with Crippen LogP contribution >= 0.6 is 0 Å². The standard InChI is InChI=1S/C28H40N2/c1-18(2)23-15-25(19(3)4)28(26(16-23)20(5)6)29-21(7)13-14-22-17-30(8)27-12-10-9-11-24(22)27/h9-12,15-21,29H,13-14H2,1-8H3. The summed E-state index contributed by atoms with van der Waals surface area (Å²) in [7, 11) is 2.15. The quantitative estimate of drug-likeness (QED) is 0.402. The van der Waals surface area contributed by atoms with Crippen LogP contribution in [0.25, 0.3) is 10.9 Å². The van der Waals surface area contributed by atoms with Gasteiger partial charge in [0.25, 0.3) is 0 Å². The average molecular weight is 405 g/mol. The number of fused-ring (bicyclic) bond motifs is 1. The Balaban J connectivity index is 1.84. The summed E-state index contributed by atoms with van der Waals surface area (Å²) in [5.74, 6) is 1.57. The Bertz CT molecular complexity index is 962. The summed E-state index contributed by atoms with van der Waals surface area (Å²) in [4.78, 5) is 0. The van der Waals surface area contributed by atoms with Gasteiger partial charge in [0.2, 0.25) is 0 Å². The number of aromatic nitrogens is 1. The van der Waals surface area contributed by atoms with Crippen molar-refractivity contribution < 1.29 is 0 Å². The molecule has 0 bridgehead atoms. The van der Waals surface area contributed by atoms with Crippen LogP contribution in [0.3, 0.4) is 0 Å². The van der Waals surface area contributed by atoms with Crippen molar-refractivity contribution in [3.05, 3.63) is 64.8 Å². The van der Waals surface area contributed by atoms with Crippen molar-refractivity contribution in [2.75, 3.05) is 5.32 Å². The summed E-state index contributed by atoms with van der Waals surface area (Å²) in [6, 6.07) is 14.0. The van der Waals surface area contributed by atoms with Gasteiger partial charge in [-0.2, -0.15) is 0 Å². The molecule has 30 heavy (non-hydrogen) atoms.